The molecule has 1 aromatic rings. The van der Waals surface area contributed by atoms with Crippen molar-refractivity contribution in [1.29, 1.82) is 0 Å². The molecule has 0 aromatic carbocycles. The predicted molar refractivity (Wildman–Crippen MR) is 54.8 cm³/mol. The van der Waals surface area contributed by atoms with Gasteiger partial charge in [-0.2, -0.15) is 5.10 Å². The lowest BCUT2D eigenvalue weighted by molar-refractivity contribution is 0.0470. The summed E-state index contributed by atoms with van der Waals surface area (Å²) in [6, 6.07) is 0.532. The fraction of sp³-hybridized carbons (Fsp3) is 0.800. The van der Waals surface area contributed by atoms with Crippen LogP contribution >= 0.6 is 0 Å². The molecular formula is C10H18N4. The third-order valence-corrected chi connectivity index (χ3v) is 2.84. The van der Waals surface area contributed by atoms with E-state index in [1.54, 1.807) is 6.33 Å². The monoisotopic (exact) mass is 194 g/mol. The Morgan fingerprint density at radius 2 is 2.14 bits per heavy atom. The molecule has 4 heteroatoms. The van der Waals surface area contributed by atoms with Crippen LogP contribution in [0.4, 0.5) is 0 Å². The van der Waals surface area contributed by atoms with Gasteiger partial charge in [0.15, 0.2) is 0 Å². The average Bonchev–Trinajstić information content (AvgIpc) is 2.47. The van der Waals surface area contributed by atoms with Crippen molar-refractivity contribution in [1.82, 2.24) is 19.7 Å². The summed E-state index contributed by atoms with van der Waals surface area (Å²) >= 11 is 0. The number of fused-ring (bicyclic) bond motifs is 1. The maximum atomic E-state index is 4.27. The molecule has 0 spiro atoms. The van der Waals surface area contributed by atoms with Gasteiger partial charge >= 0.3 is 0 Å². The highest BCUT2D eigenvalue weighted by molar-refractivity contribution is 4.95. The molecule has 1 aromatic heterocycles. The first kappa shape index (κ1) is 9.65. The first-order valence-electron chi connectivity index (χ1n) is 5.12. The third kappa shape index (κ3) is 1.54. The van der Waals surface area contributed by atoms with Crippen molar-refractivity contribution in [3.05, 3.63) is 12.2 Å². The fourth-order valence-corrected chi connectivity index (χ4v) is 2.12. The first-order valence-corrected chi connectivity index (χ1v) is 5.12. The van der Waals surface area contributed by atoms with Gasteiger partial charge in [0, 0.05) is 11.6 Å². The second-order valence-electron chi connectivity index (χ2n) is 5.01. The highest BCUT2D eigenvalue weighted by atomic mass is 15.4. The maximum Gasteiger partial charge on any atom is 0.141 e. The van der Waals surface area contributed by atoms with E-state index < -0.39 is 0 Å². The van der Waals surface area contributed by atoms with Crippen molar-refractivity contribution >= 4 is 0 Å². The molecule has 0 fully saturated rings. The topological polar surface area (TPSA) is 34.0 Å². The zero-order chi connectivity index (χ0) is 10.3. The lowest BCUT2D eigenvalue weighted by atomic mass is 10.0. The van der Waals surface area contributed by atoms with Crippen molar-refractivity contribution in [2.45, 2.75) is 52.4 Å². The molecule has 0 bridgehead atoms. The van der Waals surface area contributed by atoms with E-state index in [1.807, 2.05) is 4.68 Å². The minimum absolute atomic E-state index is 0.205. The Hall–Kier alpha value is -0.900. The summed E-state index contributed by atoms with van der Waals surface area (Å²) in [7, 11) is 0. The molecule has 1 atom stereocenters. The number of aromatic nitrogens is 3. The Bertz CT molecular complexity index is 323. The minimum Gasteiger partial charge on any atom is -0.287 e. The van der Waals surface area contributed by atoms with Gasteiger partial charge < -0.3 is 0 Å². The Morgan fingerprint density at radius 1 is 1.43 bits per heavy atom. The van der Waals surface area contributed by atoms with Gasteiger partial charge in [0.25, 0.3) is 0 Å². The van der Waals surface area contributed by atoms with Crippen LogP contribution in [0.15, 0.2) is 6.33 Å². The second kappa shape index (κ2) is 3.05. The molecule has 0 amide bonds. The largest absolute Gasteiger partial charge is 0.287 e. The molecule has 1 aliphatic heterocycles. The number of hydrogen-bond donors (Lipinski definition) is 0. The molecule has 0 radical (unpaired) electrons. The predicted octanol–water partition coefficient (Wildman–Crippen LogP) is 1.28. The molecule has 2 heterocycles. The second-order valence-corrected chi connectivity index (χ2v) is 5.01. The molecule has 0 saturated carbocycles. The highest BCUT2D eigenvalue weighted by Crippen LogP contribution is 2.23. The summed E-state index contributed by atoms with van der Waals surface area (Å²) in [6.07, 6.45) is 1.65. The van der Waals surface area contributed by atoms with E-state index in [-0.39, 0.29) is 5.54 Å². The molecule has 2 rings (SSSR count). The zero-order valence-corrected chi connectivity index (χ0v) is 9.36. The SMILES string of the molecule is C[C@@H]1Cn2ncnc2CN1C(C)(C)C. The van der Waals surface area contributed by atoms with Crippen LogP contribution in [0.5, 0.6) is 0 Å². The van der Waals surface area contributed by atoms with Crippen molar-refractivity contribution < 1.29 is 0 Å². The van der Waals surface area contributed by atoms with Gasteiger partial charge in [-0.1, -0.05) is 0 Å². The van der Waals surface area contributed by atoms with Gasteiger partial charge in [0.05, 0.1) is 13.1 Å². The first-order chi connectivity index (χ1) is 6.48. The number of rotatable bonds is 0. The zero-order valence-electron chi connectivity index (χ0n) is 9.36. The molecule has 0 saturated heterocycles. The highest BCUT2D eigenvalue weighted by Gasteiger charge is 2.31. The lowest BCUT2D eigenvalue weighted by Gasteiger charge is -2.42. The van der Waals surface area contributed by atoms with Crippen LogP contribution in [0.25, 0.3) is 0 Å². The van der Waals surface area contributed by atoms with Crippen LogP contribution in [-0.2, 0) is 13.1 Å². The molecule has 0 N–H and O–H groups in total. The van der Waals surface area contributed by atoms with Gasteiger partial charge in [-0.15, -0.1) is 0 Å². The van der Waals surface area contributed by atoms with E-state index in [4.69, 9.17) is 0 Å². The van der Waals surface area contributed by atoms with E-state index >= 15 is 0 Å². The van der Waals surface area contributed by atoms with Crippen molar-refractivity contribution in [2.24, 2.45) is 0 Å². The smallest absolute Gasteiger partial charge is 0.141 e. The maximum absolute atomic E-state index is 4.27. The number of hydrogen-bond acceptors (Lipinski definition) is 3. The van der Waals surface area contributed by atoms with Gasteiger partial charge in [-0.25, -0.2) is 9.67 Å². The van der Waals surface area contributed by atoms with Crippen LogP contribution in [0.1, 0.15) is 33.5 Å². The summed E-state index contributed by atoms with van der Waals surface area (Å²) in [4.78, 5) is 6.73. The third-order valence-electron chi connectivity index (χ3n) is 2.84. The van der Waals surface area contributed by atoms with E-state index in [9.17, 15) is 0 Å². The Labute approximate surface area is 84.9 Å². The van der Waals surface area contributed by atoms with Crippen LogP contribution in [0.3, 0.4) is 0 Å². The van der Waals surface area contributed by atoms with E-state index in [2.05, 4.69) is 42.7 Å². The number of nitrogens with zero attached hydrogens (tertiary/aromatic N) is 4. The van der Waals surface area contributed by atoms with Gasteiger partial charge in [0.2, 0.25) is 0 Å². The molecule has 0 unspecified atom stereocenters. The Morgan fingerprint density at radius 3 is 2.79 bits per heavy atom. The summed E-state index contributed by atoms with van der Waals surface area (Å²) in [5.41, 5.74) is 0.205. The quantitative estimate of drug-likeness (QED) is 0.624. The molecule has 1 aliphatic rings. The van der Waals surface area contributed by atoms with E-state index in [0.717, 1.165) is 18.9 Å². The fourth-order valence-electron chi connectivity index (χ4n) is 2.12. The normalized spacial score (nSPS) is 23.6. The molecule has 0 aliphatic carbocycles. The average molecular weight is 194 g/mol. The summed E-state index contributed by atoms with van der Waals surface area (Å²) < 4.78 is 2.01. The molecule has 4 nitrogen and oxygen atoms in total. The van der Waals surface area contributed by atoms with Crippen LogP contribution in [0.2, 0.25) is 0 Å². The van der Waals surface area contributed by atoms with Crippen molar-refractivity contribution in [3.63, 3.8) is 0 Å². The Balaban J connectivity index is 2.26. The molecule has 78 valence electrons. The molecular weight excluding hydrogens is 176 g/mol. The van der Waals surface area contributed by atoms with Crippen molar-refractivity contribution in [2.75, 3.05) is 0 Å². The lowest BCUT2D eigenvalue weighted by Crippen LogP contribution is -2.51. The summed E-state index contributed by atoms with van der Waals surface area (Å²) in [5.74, 6) is 1.08. The van der Waals surface area contributed by atoms with Crippen LogP contribution in [0, 0.1) is 0 Å². The molecule has 14 heavy (non-hydrogen) atoms. The minimum atomic E-state index is 0.205. The summed E-state index contributed by atoms with van der Waals surface area (Å²) in [5, 5.41) is 4.20. The summed E-state index contributed by atoms with van der Waals surface area (Å²) in [6.45, 7) is 10.8. The van der Waals surface area contributed by atoms with Gasteiger partial charge in [0.1, 0.15) is 12.2 Å². The van der Waals surface area contributed by atoms with Crippen LogP contribution in [-0.4, -0.2) is 31.2 Å². The van der Waals surface area contributed by atoms with Crippen molar-refractivity contribution in [3.8, 4) is 0 Å². The van der Waals surface area contributed by atoms with Gasteiger partial charge in [-0.3, -0.25) is 4.90 Å². The van der Waals surface area contributed by atoms with E-state index in [1.165, 1.54) is 0 Å². The van der Waals surface area contributed by atoms with Gasteiger partial charge in [-0.05, 0) is 27.7 Å². The van der Waals surface area contributed by atoms with E-state index in [0.29, 0.717) is 6.04 Å². The van der Waals surface area contributed by atoms with Crippen LogP contribution < -0.4 is 0 Å². The standard InChI is InChI=1S/C10H18N4/c1-8-5-14-9(11-7-12-14)6-13(8)10(2,3)4/h7-8H,5-6H2,1-4H3/t8-/m1/s1. The Kier molecular flexibility index (Phi) is 2.10.